The molecule has 0 fully saturated rings. The van der Waals surface area contributed by atoms with Crippen LogP contribution < -0.4 is 0 Å². The lowest BCUT2D eigenvalue weighted by Crippen LogP contribution is -1.80. The van der Waals surface area contributed by atoms with Crippen molar-refractivity contribution in [2.24, 2.45) is 0 Å². The van der Waals surface area contributed by atoms with Gasteiger partial charge in [0.1, 0.15) is 0 Å². The summed E-state index contributed by atoms with van der Waals surface area (Å²) in [5.74, 6) is 0. The van der Waals surface area contributed by atoms with E-state index in [1.54, 1.807) is 0 Å². The van der Waals surface area contributed by atoms with Crippen LogP contribution in [0.3, 0.4) is 0 Å². The van der Waals surface area contributed by atoms with Gasteiger partial charge >= 0.3 is 0 Å². The van der Waals surface area contributed by atoms with Crippen molar-refractivity contribution in [1.29, 1.82) is 0 Å². The van der Waals surface area contributed by atoms with Crippen LogP contribution in [0, 0.1) is 20.3 Å². The minimum Gasteiger partial charge on any atom is -0.343 e. The summed E-state index contributed by atoms with van der Waals surface area (Å²) in [6, 6.07) is 0. The molecule has 0 rings (SSSR count). The first-order valence-corrected chi connectivity index (χ1v) is 4.82. The molecule has 11 heavy (non-hydrogen) atoms. The standard InChI is InChI=1S/C11H21/c1-3-5-7-9-11-10-8-6-4-2/h11H,1-10H2/q-3. The molecule has 0 atom stereocenters. The highest BCUT2D eigenvalue weighted by molar-refractivity contribution is 4.64. The lowest BCUT2D eigenvalue weighted by atomic mass is 10.1. The lowest BCUT2D eigenvalue weighted by molar-refractivity contribution is 0.674. The number of unbranched alkanes of at least 4 members (excludes halogenated alkanes) is 8. The average Bonchev–Trinajstić information content (AvgIpc) is 2.03. The summed E-state index contributed by atoms with van der Waals surface area (Å²) in [4.78, 5) is 0. The van der Waals surface area contributed by atoms with E-state index in [2.05, 4.69) is 20.3 Å². The Balaban J connectivity index is 2.69. The molecule has 0 aromatic carbocycles. The van der Waals surface area contributed by atoms with Gasteiger partial charge in [0.05, 0.1) is 0 Å². The number of hydrogen-bond acceptors (Lipinski definition) is 0. The Morgan fingerprint density at radius 1 is 0.727 bits per heavy atom. The van der Waals surface area contributed by atoms with Gasteiger partial charge in [-0.1, -0.05) is 25.7 Å². The molecule has 0 N–H and O–H groups in total. The molecule has 0 aromatic rings. The number of rotatable bonds is 8. The van der Waals surface area contributed by atoms with E-state index in [0.717, 1.165) is 12.8 Å². The Labute approximate surface area is 72.4 Å². The molecule has 0 aliphatic heterocycles. The molecule has 0 bridgehead atoms. The van der Waals surface area contributed by atoms with Crippen LogP contribution in [-0.4, -0.2) is 0 Å². The Morgan fingerprint density at radius 2 is 1.18 bits per heavy atom. The first-order chi connectivity index (χ1) is 5.41. The lowest BCUT2D eigenvalue weighted by Gasteiger charge is -2.11. The quantitative estimate of drug-likeness (QED) is 0.365. The largest absolute Gasteiger partial charge is 0.343 e. The Hall–Kier alpha value is 0. The van der Waals surface area contributed by atoms with Crippen LogP contribution in [0.4, 0.5) is 0 Å². The van der Waals surface area contributed by atoms with Gasteiger partial charge < -0.3 is 20.3 Å². The second-order valence-electron chi connectivity index (χ2n) is 2.99. The van der Waals surface area contributed by atoms with Gasteiger partial charge in [-0.2, -0.15) is 25.7 Å². The van der Waals surface area contributed by atoms with Gasteiger partial charge in [0, 0.05) is 0 Å². The Bertz CT molecular complexity index is 49.1. The molecular formula is C11H21-3. The van der Waals surface area contributed by atoms with E-state index in [1.165, 1.54) is 38.5 Å². The second kappa shape index (κ2) is 10.0. The monoisotopic (exact) mass is 153 g/mol. The molecule has 0 saturated heterocycles. The Kier molecular flexibility index (Phi) is 10.0. The van der Waals surface area contributed by atoms with Crippen molar-refractivity contribution < 1.29 is 0 Å². The van der Waals surface area contributed by atoms with Gasteiger partial charge in [-0.05, 0) is 0 Å². The van der Waals surface area contributed by atoms with Gasteiger partial charge in [-0.15, -0.1) is 0 Å². The fourth-order valence-electron chi connectivity index (χ4n) is 1.08. The molecule has 0 radical (unpaired) electrons. The molecule has 0 spiro atoms. The van der Waals surface area contributed by atoms with Crippen molar-refractivity contribution in [3.63, 3.8) is 0 Å². The molecule has 0 aliphatic carbocycles. The minimum absolute atomic E-state index is 1.09. The zero-order chi connectivity index (χ0) is 8.36. The fraction of sp³-hybridized carbons (Fsp3) is 0.727. The highest BCUT2D eigenvalue weighted by Gasteiger charge is 1.78. The molecule has 68 valence electrons. The van der Waals surface area contributed by atoms with Crippen molar-refractivity contribution in [3.05, 3.63) is 20.3 Å². The third kappa shape index (κ3) is 10.0. The van der Waals surface area contributed by atoms with E-state index in [4.69, 9.17) is 0 Å². The molecule has 0 unspecified atom stereocenters. The van der Waals surface area contributed by atoms with Crippen LogP contribution in [-0.2, 0) is 0 Å². The smallest absolute Gasteiger partial charge is 0.0829 e. The molecular weight excluding hydrogens is 132 g/mol. The van der Waals surface area contributed by atoms with Gasteiger partial charge in [-0.25, -0.2) is 0 Å². The highest BCUT2D eigenvalue weighted by Crippen LogP contribution is 2.07. The van der Waals surface area contributed by atoms with E-state index < -0.39 is 0 Å². The van der Waals surface area contributed by atoms with Crippen molar-refractivity contribution in [3.8, 4) is 0 Å². The molecule has 0 heteroatoms. The zero-order valence-corrected chi connectivity index (χ0v) is 7.65. The van der Waals surface area contributed by atoms with Crippen molar-refractivity contribution in [1.82, 2.24) is 0 Å². The maximum atomic E-state index is 3.81. The van der Waals surface area contributed by atoms with Crippen LogP contribution in [0.2, 0.25) is 0 Å². The zero-order valence-electron chi connectivity index (χ0n) is 7.65. The maximum absolute atomic E-state index is 3.81. The number of hydrogen-bond donors (Lipinski definition) is 0. The summed E-state index contributed by atoms with van der Waals surface area (Å²) in [5, 5.41) is 0. The van der Waals surface area contributed by atoms with Crippen LogP contribution in [0.15, 0.2) is 0 Å². The Morgan fingerprint density at radius 3 is 1.55 bits per heavy atom. The second-order valence-corrected chi connectivity index (χ2v) is 2.99. The van der Waals surface area contributed by atoms with Gasteiger partial charge in [-0.3, -0.25) is 0 Å². The van der Waals surface area contributed by atoms with Gasteiger partial charge in [0.15, 0.2) is 0 Å². The molecule has 0 heterocycles. The summed E-state index contributed by atoms with van der Waals surface area (Å²) in [6.07, 6.45) is 12.4. The summed E-state index contributed by atoms with van der Waals surface area (Å²) >= 11 is 0. The van der Waals surface area contributed by atoms with Crippen LogP contribution in [0.5, 0.6) is 0 Å². The first kappa shape index (κ1) is 11.0. The first-order valence-electron chi connectivity index (χ1n) is 4.82. The SMILES string of the molecule is [CH2-]CCCC[CH-]CCCC[CH2-]. The van der Waals surface area contributed by atoms with Crippen molar-refractivity contribution in [2.75, 3.05) is 0 Å². The van der Waals surface area contributed by atoms with E-state index in [1.807, 2.05) is 0 Å². The maximum Gasteiger partial charge on any atom is -0.0829 e. The predicted molar refractivity (Wildman–Crippen MR) is 52.0 cm³/mol. The summed E-state index contributed by atoms with van der Waals surface area (Å²) in [7, 11) is 0. The van der Waals surface area contributed by atoms with Crippen LogP contribution in [0.25, 0.3) is 0 Å². The third-order valence-electron chi connectivity index (χ3n) is 1.82. The fourth-order valence-corrected chi connectivity index (χ4v) is 1.08. The van der Waals surface area contributed by atoms with E-state index in [-0.39, 0.29) is 0 Å². The van der Waals surface area contributed by atoms with Gasteiger partial charge in [0.25, 0.3) is 0 Å². The van der Waals surface area contributed by atoms with E-state index >= 15 is 0 Å². The molecule has 0 aromatic heterocycles. The summed E-state index contributed by atoms with van der Waals surface area (Å²) in [6.45, 7) is 7.62. The normalized spacial score (nSPS) is 10.4. The topological polar surface area (TPSA) is 0 Å². The van der Waals surface area contributed by atoms with Crippen LogP contribution in [0.1, 0.15) is 51.4 Å². The molecule has 0 aliphatic rings. The molecule has 0 amide bonds. The highest BCUT2D eigenvalue weighted by atomic mass is 13.9. The van der Waals surface area contributed by atoms with E-state index in [0.29, 0.717) is 0 Å². The van der Waals surface area contributed by atoms with E-state index in [9.17, 15) is 0 Å². The average molecular weight is 153 g/mol. The summed E-state index contributed by atoms with van der Waals surface area (Å²) < 4.78 is 0. The van der Waals surface area contributed by atoms with Gasteiger partial charge in [0.2, 0.25) is 0 Å². The minimum atomic E-state index is 1.09. The summed E-state index contributed by atoms with van der Waals surface area (Å²) in [5.41, 5.74) is 0. The molecule has 0 nitrogen and oxygen atoms in total. The van der Waals surface area contributed by atoms with Crippen molar-refractivity contribution >= 4 is 0 Å². The molecule has 0 saturated carbocycles. The van der Waals surface area contributed by atoms with Crippen molar-refractivity contribution in [2.45, 2.75) is 51.4 Å². The third-order valence-corrected chi connectivity index (χ3v) is 1.82. The van der Waals surface area contributed by atoms with Crippen LogP contribution >= 0.6 is 0 Å². The predicted octanol–water partition coefficient (Wildman–Crippen LogP) is 3.98.